The molecule has 108 valence electrons. The lowest BCUT2D eigenvalue weighted by molar-refractivity contribution is 0.213. The van der Waals surface area contributed by atoms with Gasteiger partial charge < -0.3 is 0 Å². The summed E-state index contributed by atoms with van der Waals surface area (Å²) in [5.41, 5.74) is 4.39. The Morgan fingerprint density at radius 3 is 2.63 bits per heavy atom. The van der Waals surface area contributed by atoms with Crippen LogP contribution < -0.4 is 11.3 Å². The van der Waals surface area contributed by atoms with E-state index in [0.29, 0.717) is 12.0 Å². The largest absolute Gasteiger partial charge is 0.271 e. The molecule has 19 heavy (non-hydrogen) atoms. The van der Waals surface area contributed by atoms with E-state index in [1.165, 1.54) is 55.0 Å². The van der Waals surface area contributed by atoms with Gasteiger partial charge in [0.1, 0.15) is 0 Å². The molecule has 1 atom stereocenters. The molecule has 2 rings (SSSR count). The van der Waals surface area contributed by atoms with E-state index < -0.39 is 0 Å². The third-order valence-electron chi connectivity index (χ3n) is 4.49. The van der Waals surface area contributed by atoms with Crippen molar-refractivity contribution in [3.05, 3.63) is 20.8 Å². The molecule has 0 aliphatic heterocycles. The molecule has 1 unspecified atom stereocenters. The van der Waals surface area contributed by atoms with E-state index in [1.54, 1.807) is 11.3 Å². The van der Waals surface area contributed by atoms with Crippen LogP contribution in [0.5, 0.6) is 0 Å². The summed E-state index contributed by atoms with van der Waals surface area (Å²) >= 11 is 5.38. The molecule has 0 amide bonds. The summed E-state index contributed by atoms with van der Waals surface area (Å²) < 4.78 is 1.20. The lowest BCUT2D eigenvalue weighted by atomic mass is 9.76. The Hall–Kier alpha value is 0.100. The van der Waals surface area contributed by atoms with Crippen molar-refractivity contribution in [1.29, 1.82) is 0 Å². The first-order chi connectivity index (χ1) is 9.26. The molecule has 1 heterocycles. The van der Waals surface area contributed by atoms with Crippen LogP contribution in [0.4, 0.5) is 0 Å². The van der Waals surface area contributed by atoms with Crippen LogP contribution in [0.2, 0.25) is 0 Å². The van der Waals surface area contributed by atoms with Gasteiger partial charge in [-0.2, -0.15) is 11.3 Å². The second-order valence-electron chi connectivity index (χ2n) is 5.74. The molecule has 4 heteroatoms. The second-order valence-corrected chi connectivity index (χ2v) is 7.34. The van der Waals surface area contributed by atoms with Gasteiger partial charge in [-0.05, 0) is 51.6 Å². The van der Waals surface area contributed by atoms with Crippen LogP contribution in [-0.4, -0.2) is 0 Å². The van der Waals surface area contributed by atoms with Gasteiger partial charge in [-0.25, -0.2) is 0 Å². The van der Waals surface area contributed by atoms with Gasteiger partial charge >= 0.3 is 0 Å². The Labute approximate surface area is 129 Å². The third kappa shape index (κ3) is 4.03. The summed E-state index contributed by atoms with van der Waals surface area (Å²) in [4.78, 5) is 0. The summed E-state index contributed by atoms with van der Waals surface area (Å²) in [5.74, 6) is 7.46. The van der Waals surface area contributed by atoms with Crippen molar-refractivity contribution in [1.82, 2.24) is 5.43 Å². The highest BCUT2D eigenvalue weighted by molar-refractivity contribution is 9.10. The Morgan fingerprint density at radius 1 is 1.37 bits per heavy atom. The molecule has 1 saturated carbocycles. The van der Waals surface area contributed by atoms with E-state index in [1.807, 2.05) is 0 Å². The molecule has 0 bridgehead atoms. The number of halogens is 1. The highest BCUT2D eigenvalue weighted by atomic mass is 79.9. The predicted molar refractivity (Wildman–Crippen MR) is 87.1 cm³/mol. The van der Waals surface area contributed by atoms with E-state index in [0.717, 1.165) is 5.92 Å². The summed E-state index contributed by atoms with van der Waals surface area (Å²) in [6, 6.07) is 0.313. The van der Waals surface area contributed by atoms with Crippen molar-refractivity contribution in [2.75, 3.05) is 0 Å². The molecule has 1 aliphatic carbocycles. The van der Waals surface area contributed by atoms with Gasteiger partial charge in [0, 0.05) is 9.85 Å². The Kier molecular flexibility index (Phi) is 6.33. The quantitative estimate of drug-likeness (QED) is 0.562. The van der Waals surface area contributed by atoms with E-state index in [2.05, 4.69) is 39.0 Å². The first kappa shape index (κ1) is 15.5. The van der Waals surface area contributed by atoms with E-state index >= 15 is 0 Å². The molecule has 0 radical (unpaired) electrons. The molecular formula is C15H25BrN2S. The number of unbranched alkanes of at least 4 members (excludes halogenated alkanes) is 1. The van der Waals surface area contributed by atoms with Gasteiger partial charge in [0.25, 0.3) is 0 Å². The zero-order valence-electron chi connectivity index (χ0n) is 11.7. The second kappa shape index (κ2) is 7.77. The third-order valence-corrected chi connectivity index (χ3v) is 6.24. The fourth-order valence-electron chi connectivity index (χ4n) is 3.30. The average Bonchev–Trinajstić information content (AvgIpc) is 2.85. The number of hydrazine groups is 1. The zero-order chi connectivity index (χ0) is 13.7. The lowest BCUT2D eigenvalue weighted by Crippen LogP contribution is -2.35. The number of thiophene rings is 1. The van der Waals surface area contributed by atoms with Crippen LogP contribution >= 0.6 is 27.3 Å². The molecule has 1 aromatic rings. The molecule has 1 fully saturated rings. The lowest BCUT2D eigenvalue weighted by Gasteiger charge is -2.33. The van der Waals surface area contributed by atoms with Gasteiger partial charge in [0.2, 0.25) is 0 Å². The van der Waals surface area contributed by atoms with Crippen molar-refractivity contribution < 1.29 is 0 Å². The Balaban J connectivity index is 1.90. The van der Waals surface area contributed by atoms with Gasteiger partial charge in [-0.15, -0.1) is 0 Å². The average molecular weight is 345 g/mol. The molecular weight excluding hydrogens is 320 g/mol. The molecule has 3 N–H and O–H groups in total. The van der Waals surface area contributed by atoms with Crippen LogP contribution in [-0.2, 0) is 0 Å². The van der Waals surface area contributed by atoms with Crippen molar-refractivity contribution >= 4 is 27.3 Å². The molecule has 0 saturated heterocycles. The minimum Gasteiger partial charge on any atom is -0.271 e. The summed E-state index contributed by atoms with van der Waals surface area (Å²) in [6.07, 6.45) is 9.52. The van der Waals surface area contributed by atoms with E-state index in [9.17, 15) is 0 Å². The highest BCUT2D eigenvalue weighted by Crippen LogP contribution is 2.40. The van der Waals surface area contributed by atoms with Gasteiger partial charge in [-0.3, -0.25) is 11.3 Å². The highest BCUT2D eigenvalue weighted by Gasteiger charge is 2.29. The topological polar surface area (TPSA) is 38.0 Å². The zero-order valence-corrected chi connectivity index (χ0v) is 14.1. The predicted octanol–water partition coefficient (Wildman–Crippen LogP) is 5.01. The van der Waals surface area contributed by atoms with Crippen LogP contribution in [0.1, 0.15) is 63.5 Å². The number of rotatable bonds is 6. The van der Waals surface area contributed by atoms with Gasteiger partial charge in [0.15, 0.2) is 0 Å². The number of hydrogen-bond acceptors (Lipinski definition) is 3. The fourth-order valence-corrected chi connectivity index (χ4v) is 4.88. The standard InChI is InChI=1S/C15H25BrN2S/c1-2-3-4-11-5-7-12(8-6-11)15(18-17)13-9-19-10-14(13)16/h9-12,15,18H,2-8,17H2,1H3. The fraction of sp³-hybridized carbons (Fsp3) is 0.733. The molecule has 1 aromatic heterocycles. The monoisotopic (exact) mass is 344 g/mol. The van der Waals surface area contributed by atoms with Crippen LogP contribution in [0.25, 0.3) is 0 Å². The maximum Gasteiger partial charge on any atom is 0.0507 e. The van der Waals surface area contributed by atoms with Gasteiger partial charge in [-0.1, -0.05) is 39.0 Å². The van der Waals surface area contributed by atoms with Crippen molar-refractivity contribution in [3.8, 4) is 0 Å². The number of hydrogen-bond donors (Lipinski definition) is 2. The van der Waals surface area contributed by atoms with Crippen LogP contribution in [0.3, 0.4) is 0 Å². The molecule has 2 nitrogen and oxygen atoms in total. The van der Waals surface area contributed by atoms with Crippen LogP contribution in [0.15, 0.2) is 15.2 Å². The first-order valence-corrected chi connectivity index (χ1v) is 9.17. The molecule has 0 spiro atoms. The minimum absolute atomic E-state index is 0.313. The van der Waals surface area contributed by atoms with Crippen molar-refractivity contribution in [3.63, 3.8) is 0 Å². The summed E-state index contributed by atoms with van der Waals surface area (Å²) in [7, 11) is 0. The normalized spacial score (nSPS) is 25.4. The first-order valence-electron chi connectivity index (χ1n) is 7.44. The Bertz CT molecular complexity index is 372. The SMILES string of the molecule is CCCCC1CCC(C(NN)c2cscc2Br)CC1. The van der Waals surface area contributed by atoms with Crippen molar-refractivity contribution in [2.45, 2.75) is 57.9 Å². The smallest absolute Gasteiger partial charge is 0.0507 e. The number of nitrogens with two attached hydrogens (primary N) is 1. The summed E-state index contributed by atoms with van der Waals surface area (Å²) in [6.45, 7) is 2.29. The molecule has 1 aliphatic rings. The van der Waals surface area contributed by atoms with Crippen LogP contribution in [0, 0.1) is 11.8 Å². The van der Waals surface area contributed by atoms with Gasteiger partial charge in [0.05, 0.1) is 6.04 Å². The Morgan fingerprint density at radius 2 is 2.11 bits per heavy atom. The van der Waals surface area contributed by atoms with E-state index in [4.69, 9.17) is 5.84 Å². The molecule has 0 aromatic carbocycles. The maximum atomic E-state index is 5.81. The summed E-state index contributed by atoms with van der Waals surface area (Å²) in [5, 5.41) is 4.37. The van der Waals surface area contributed by atoms with Crippen molar-refractivity contribution in [2.24, 2.45) is 17.7 Å². The number of nitrogens with one attached hydrogen (secondary N) is 1. The minimum atomic E-state index is 0.313. The van der Waals surface area contributed by atoms with E-state index in [-0.39, 0.29) is 0 Å². The maximum absolute atomic E-state index is 5.81.